The maximum atomic E-state index is 14.0. The number of carboxylic acid groups (broad SMARTS) is 1. The minimum Gasteiger partial charge on any atom is -0.481 e. The van der Waals surface area contributed by atoms with Crippen LogP contribution in [0.15, 0.2) is 29.5 Å². The van der Waals surface area contributed by atoms with Crippen LogP contribution in [0.3, 0.4) is 0 Å². The smallest absolute Gasteiger partial charge is 0.416 e. The molecule has 1 aromatic carbocycles. The van der Waals surface area contributed by atoms with Gasteiger partial charge in [0.1, 0.15) is 5.82 Å². The van der Waals surface area contributed by atoms with Crippen molar-refractivity contribution in [3.05, 3.63) is 46.4 Å². The van der Waals surface area contributed by atoms with Crippen molar-refractivity contribution in [1.82, 2.24) is 5.32 Å². The Balaban J connectivity index is 2.94. The van der Waals surface area contributed by atoms with Crippen LogP contribution in [0, 0.1) is 28.0 Å². The summed E-state index contributed by atoms with van der Waals surface area (Å²) in [5.41, 5.74) is -3.35. The van der Waals surface area contributed by atoms with Crippen molar-refractivity contribution in [3.8, 4) is 6.07 Å². The van der Waals surface area contributed by atoms with Crippen molar-refractivity contribution in [2.45, 2.75) is 78.4 Å². The quantitative estimate of drug-likeness (QED) is 0.488. The summed E-state index contributed by atoms with van der Waals surface area (Å²) in [4.78, 5) is 12.9. The minimum atomic E-state index is -4.91. The number of nitrogens with one attached hydrogen (secondary N) is 1. The number of alkyl halides is 3. The molecule has 0 fully saturated rings. The molecule has 3 unspecified atom stereocenters. The molecule has 0 bridgehead atoms. The first-order chi connectivity index (χ1) is 14.7. The number of nitriles is 1. The highest BCUT2D eigenvalue weighted by Gasteiger charge is 2.57. The van der Waals surface area contributed by atoms with E-state index in [0.29, 0.717) is 31.0 Å². The highest BCUT2D eigenvalue weighted by atomic mass is 19.4. The maximum absolute atomic E-state index is 14.0. The number of hydrogen-bond donors (Lipinski definition) is 2. The van der Waals surface area contributed by atoms with Gasteiger partial charge in [-0.1, -0.05) is 40.2 Å². The van der Waals surface area contributed by atoms with Crippen LogP contribution < -0.4 is 5.32 Å². The average Bonchev–Trinajstić information content (AvgIpc) is 2.65. The third-order valence-electron chi connectivity index (χ3n) is 6.24. The summed E-state index contributed by atoms with van der Waals surface area (Å²) in [7, 11) is 0. The largest absolute Gasteiger partial charge is 0.481 e. The molecule has 0 amide bonds. The Bertz CT molecular complexity index is 941. The number of carbonyl (C=O) groups is 1. The van der Waals surface area contributed by atoms with Crippen molar-refractivity contribution < 1.29 is 27.5 Å². The second kappa shape index (κ2) is 9.13. The molecule has 0 saturated heterocycles. The fourth-order valence-corrected chi connectivity index (χ4v) is 4.65. The summed E-state index contributed by atoms with van der Waals surface area (Å²) < 4.78 is 55.7. The van der Waals surface area contributed by atoms with Crippen LogP contribution in [-0.4, -0.2) is 17.1 Å². The molecule has 4 nitrogen and oxygen atoms in total. The van der Waals surface area contributed by atoms with E-state index in [0.717, 1.165) is 12.1 Å². The van der Waals surface area contributed by atoms with Gasteiger partial charge in [0.05, 0.1) is 22.6 Å². The molecule has 32 heavy (non-hydrogen) atoms. The standard InChI is InChI=1S/C24H30F4N2O2/c1-6-7-19-23(21(31)32,11-10-22(3,4)5)20(17(13-29)14(2)30-19)16-9-8-15(25)12-18(16)24(26,27)28/h8-9,12,19-20,30H,6-7,10-11H2,1-5H3,(H,31,32). The first-order valence-corrected chi connectivity index (χ1v) is 10.7. The van der Waals surface area contributed by atoms with E-state index in [1.54, 1.807) is 6.92 Å². The molecule has 0 spiro atoms. The van der Waals surface area contributed by atoms with Gasteiger partial charge in [-0.15, -0.1) is 0 Å². The first-order valence-electron chi connectivity index (χ1n) is 10.7. The molecule has 2 N–H and O–H groups in total. The lowest BCUT2D eigenvalue weighted by Gasteiger charge is -2.49. The zero-order valence-electron chi connectivity index (χ0n) is 19.0. The van der Waals surface area contributed by atoms with E-state index in [-0.39, 0.29) is 23.0 Å². The van der Waals surface area contributed by atoms with Crippen molar-refractivity contribution in [2.24, 2.45) is 10.8 Å². The van der Waals surface area contributed by atoms with Crippen LogP contribution >= 0.6 is 0 Å². The number of halogens is 4. The average molecular weight is 455 g/mol. The fraction of sp³-hybridized carbons (Fsp3) is 0.583. The lowest BCUT2D eigenvalue weighted by atomic mass is 9.57. The Morgan fingerprint density at radius 2 is 1.91 bits per heavy atom. The summed E-state index contributed by atoms with van der Waals surface area (Å²) in [6.45, 7) is 9.21. The molecule has 1 heterocycles. The summed E-state index contributed by atoms with van der Waals surface area (Å²) in [6.07, 6.45) is -3.45. The molecule has 176 valence electrons. The van der Waals surface area contributed by atoms with Gasteiger partial charge in [0, 0.05) is 17.7 Å². The third-order valence-corrected chi connectivity index (χ3v) is 6.24. The number of aliphatic carboxylic acids is 1. The summed E-state index contributed by atoms with van der Waals surface area (Å²) in [5.74, 6) is -3.72. The molecule has 0 aliphatic carbocycles. The van der Waals surface area contributed by atoms with Gasteiger partial charge in [-0.25, -0.2) is 4.39 Å². The zero-order valence-corrected chi connectivity index (χ0v) is 19.0. The number of hydrogen-bond acceptors (Lipinski definition) is 3. The molecule has 1 aliphatic heterocycles. The normalized spacial score (nSPS) is 24.1. The monoisotopic (exact) mass is 454 g/mol. The van der Waals surface area contributed by atoms with E-state index in [4.69, 9.17) is 0 Å². The van der Waals surface area contributed by atoms with Crippen molar-refractivity contribution in [3.63, 3.8) is 0 Å². The van der Waals surface area contributed by atoms with E-state index in [2.05, 4.69) is 5.32 Å². The van der Waals surface area contributed by atoms with E-state index in [1.807, 2.05) is 33.8 Å². The highest BCUT2D eigenvalue weighted by Crippen LogP contribution is 2.54. The topological polar surface area (TPSA) is 73.1 Å². The molecule has 0 radical (unpaired) electrons. The van der Waals surface area contributed by atoms with Gasteiger partial charge in [-0.2, -0.15) is 18.4 Å². The predicted molar refractivity (Wildman–Crippen MR) is 113 cm³/mol. The molecule has 1 aromatic rings. The Kier molecular flexibility index (Phi) is 7.33. The van der Waals surface area contributed by atoms with Crippen molar-refractivity contribution >= 4 is 5.97 Å². The van der Waals surface area contributed by atoms with Crippen LogP contribution in [0.4, 0.5) is 17.6 Å². The van der Waals surface area contributed by atoms with Crippen LogP contribution in [-0.2, 0) is 11.0 Å². The molecule has 3 atom stereocenters. The van der Waals surface area contributed by atoms with Gasteiger partial charge in [0.15, 0.2) is 0 Å². The van der Waals surface area contributed by atoms with Crippen molar-refractivity contribution in [2.75, 3.05) is 0 Å². The van der Waals surface area contributed by atoms with Gasteiger partial charge in [0.25, 0.3) is 0 Å². The second-order valence-electron chi connectivity index (χ2n) is 9.70. The number of rotatable bonds is 6. The Morgan fingerprint density at radius 3 is 2.38 bits per heavy atom. The van der Waals surface area contributed by atoms with Crippen LogP contribution in [0.2, 0.25) is 0 Å². The van der Waals surface area contributed by atoms with Gasteiger partial charge in [-0.05, 0) is 49.3 Å². The summed E-state index contributed by atoms with van der Waals surface area (Å²) in [5, 5.41) is 23.6. The number of benzene rings is 1. The third kappa shape index (κ3) is 4.92. The molecule has 2 rings (SSSR count). The number of carboxylic acids is 1. The van der Waals surface area contributed by atoms with E-state index < -0.39 is 40.9 Å². The van der Waals surface area contributed by atoms with Gasteiger partial charge in [0.2, 0.25) is 0 Å². The molecule has 8 heteroatoms. The summed E-state index contributed by atoms with van der Waals surface area (Å²) >= 11 is 0. The zero-order chi connectivity index (χ0) is 24.5. The molecular formula is C24H30F4N2O2. The SMILES string of the molecule is CCCC1NC(C)=C(C#N)C(c2ccc(F)cc2C(F)(F)F)C1(CCC(C)(C)C)C(=O)O. The van der Waals surface area contributed by atoms with E-state index in [1.165, 1.54) is 0 Å². The van der Waals surface area contributed by atoms with Crippen LogP contribution in [0.25, 0.3) is 0 Å². The van der Waals surface area contributed by atoms with E-state index >= 15 is 0 Å². The lowest BCUT2D eigenvalue weighted by Crippen LogP contribution is -2.57. The molecule has 1 aliphatic rings. The predicted octanol–water partition coefficient (Wildman–Crippen LogP) is 6.39. The Morgan fingerprint density at radius 1 is 1.28 bits per heavy atom. The van der Waals surface area contributed by atoms with Crippen LogP contribution in [0.5, 0.6) is 0 Å². The number of allylic oxidation sites excluding steroid dienone is 2. The van der Waals surface area contributed by atoms with Gasteiger partial charge >= 0.3 is 12.1 Å². The van der Waals surface area contributed by atoms with Gasteiger partial charge in [-0.3, -0.25) is 4.79 Å². The van der Waals surface area contributed by atoms with Crippen LogP contribution in [0.1, 0.15) is 77.3 Å². The second-order valence-corrected chi connectivity index (χ2v) is 9.70. The van der Waals surface area contributed by atoms with Crippen molar-refractivity contribution in [1.29, 1.82) is 5.26 Å². The molecule has 0 aromatic heterocycles. The first kappa shape index (κ1) is 25.7. The van der Waals surface area contributed by atoms with E-state index in [9.17, 15) is 32.7 Å². The minimum absolute atomic E-state index is 0.0568. The molecular weight excluding hydrogens is 424 g/mol. The molecule has 0 saturated carbocycles. The lowest BCUT2D eigenvalue weighted by molar-refractivity contribution is -0.155. The highest BCUT2D eigenvalue weighted by molar-refractivity contribution is 5.80. The maximum Gasteiger partial charge on any atom is 0.416 e. The van der Waals surface area contributed by atoms with Gasteiger partial charge < -0.3 is 10.4 Å². The number of nitrogens with zero attached hydrogens (tertiary/aromatic N) is 1. The Hall–Kier alpha value is -2.56. The Labute approximate surface area is 186 Å². The summed E-state index contributed by atoms with van der Waals surface area (Å²) in [6, 6.07) is 3.52. The fourth-order valence-electron chi connectivity index (χ4n) is 4.65.